The van der Waals surface area contributed by atoms with E-state index < -0.39 is 10.1 Å². The van der Waals surface area contributed by atoms with Crippen LogP contribution in [0.2, 0.25) is 0 Å². The van der Waals surface area contributed by atoms with Gasteiger partial charge in [-0.05, 0) is 34.1 Å². The molecule has 138 valence electrons. The van der Waals surface area contributed by atoms with E-state index in [1.54, 1.807) is 0 Å². The fourth-order valence-corrected chi connectivity index (χ4v) is 2.98. The molecular formula is C16H39FNO3S+. The second-order valence-corrected chi connectivity index (χ2v) is 7.23. The largest absolute Gasteiger partial charge is 0.325 e. The summed E-state index contributed by atoms with van der Waals surface area (Å²) in [7, 11) is -3.72. The molecule has 0 atom stereocenters. The topological polar surface area (TPSA) is 54.4 Å². The van der Waals surface area contributed by atoms with E-state index in [0.29, 0.717) is 6.42 Å². The van der Waals surface area contributed by atoms with Crippen LogP contribution in [0.3, 0.4) is 0 Å². The van der Waals surface area contributed by atoms with Crippen molar-refractivity contribution in [2.24, 2.45) is 0 Å². The highest BCUT2D eigenvalue weighted by molar-refractivity contribution is 7.85. The first kappa shape index (κ1) is 26.7. The van der Waals surface area contributed by atoms with E-state index in [9.17, 15) is 8.42 Å². The van der Waals surface area contributed by atoms with Gasteiger partial charge in [-0.15, -0.1) is 0 Å². The molecule has 0 aromatic carbocycles. The molecule has 0 radical (unpaired) electrons. The van der Waals surface area contributed by atoms with Crippen LogP contribution in [-0.2, 0) is 10.1 Å². The summed E-state index contributed by atoms with van der Waals surface area (Å²) in [5.41, 5.74) is 0. The molecule has 4 nitrogen and oxygen atoms in total. The average molecular weight is 345 g/mol. The molecule has 0 unspecified atom stereocenters. The van der Waals surface area contributed by atoms with E-state index in [1.165, 1.54) is 49.9 Å². The van der Waals surface area contributed by atoms with Crippen molar-refractivity contribution in [1.29, 1.82) is 0 Å². The third-order valence-corrected chi connectivity index (χ3v) is 5.24. The van der Waals surface area contributed by atoms with E-state index in [4.69, 9.17) is 4.55 Å². The lowest BCUT2D eigenvalue weighted by Gasteiger charge is -2.34. The van der Waals surface area contributed by atoms with Gasteiger partial charge in [0.05, 0.1) is 31.9 Å². The van der Waals surface area contributed by atoms with Gasteiger partial charge in [-0.1, -0.05) is 39.0 Å². The Morgan fingerprint density at radius 1 is 0.727 bits per heavy atom. The van der Waals surface area contributed by atoms with Gasteiger partial charge in [-0.3, -0.25) is 9.26 Å². The van der Waals surface area contributed by atoms with Crippen molar-refractivity contribution in [2.75, 3.05) is 31.9 Å². The van der Waals surface area contributed by atoms with Crippen molar-refractivity contribution >= 4 is 10.1 Å². The van der Waals surface area contributed by atoms with Crippen molar-refractivity contribution in [1.82, 2.24) is 0 Å². The lowest BCUT2D eigenvalue weighted by atomic mass is 10.1. The highest BCUT2D eigenvalue weighted by atomic mass is 32.2. The maximum absolute atomic E-state index is 10.3. The summed E-state index contributed by atoms with van der Waals surface area (Å²) in [6, 6.07) is 0. The molecule has 6 heteroatoms. The number of hydrogen-bond acceptors (Lipinski definition) is 2. The zero-order valence-corrected chi connectivity index (χ0v) is 16.1. The zero-order chi connectivity index (χ0) is 16.8. The minimum atomic E-state index is -3.72. The summed E-state index contributed by atoms with van der Waals surface area (Å²) in [5.74, 6) is -0.0842. The smallest absolute Gasteiger partial charge is 0.264 e. The number of quaternary nitrogens is 1. The minimum Gasteiger partial charge on any atom is -0.325 e. The highest BCUT2D eigenvalue weighted by Crippen LogP contribution is 2.05. The predicted octanol–water partition coefficient (Wildman–Crippen LogP) is 4.27. The number of hydrogen-bond donors (Lipinski definition) is 1. The van der Waals surface area contributed by atoms with E-state index in [1.807, 2.05) is 0 Å². The van der Waals surface area contributed by atoms with Gasteiger partial charge in [-0.2, -0.15) is 8.42 Å². The van der Waals surface area contributed by atoms with Gasteiger partial charge in [0.2, 0.25) is 0 Å². The number of rotatable bonds is 11. The maximum Gasteiger partial charge on any atom is 0.264 e. The number of halogens is 1. The molecule has 0 bridgehead atoms. The Kier molecular flexibility index (Phi) is 19.0. The fourth-order valence-electron chi connectivity index (χ4n) is 2.41. The van der Waals surface area contributed by atoms with Crippen LogP contribution in [0, 0.1) is 0 Å². The summed E-state index contributed by atoms with van der Waals surface area (Å²) in [6.45, 7) is 16.4. The molecule has 22 heavy (non-hydrogen) atoms. The molecule has 0 fully saturated rings. The first-order valence-corrected chi connectivity index (χ1v) is 10.2. The first-order chi connectivity index (χ1) is 9.80. The van der Waals surface area contributed by atoms with Crippen molar-refractivity contribution in [3.05, 3.63) is 0 Å². The molecule has 0 saturated carbocycles. The Morgan fingerprint density at radius 3 is 1.36 bits per heavy atom. The maximum atomic E-state index is 10.3. The third kappa shape index (κ3) is 16.2. The minimum absolute atomic E-state index is 0. The second kappa shape index (κ2) is 15.7. The molecule has 0 aliphatic carbocycles. The molecule has 0 aromatic rings. The lowest BCUT2D eigenvalue weighted by molar-refractivity contribution is -0.921. The summed E-state index contributed by atoms with van der Waals surface area (Å²) in [4.78, 5) is 0. The van der Waals surface area contributed by atoms with Gasteiger partial charge in [0.25, 0.3) is 10.1 Å². The van der Waals surface area contributed by atoms with Gasteiger partial charge < -0.3 is 4.48 Å². The number of nitrogens with zero attached hydrogens (tertiary/aromatic N) is 1. The highest BCUT2D eigenvalue weighted by Gasteiger charge is 2.16. The summed E-state index contributed by atoms with van der Waals surface area (Å²) in [6.07, 6.45) is 6.14. The van der Waals surface area contributed by atoms with E-state index in [0.717, 1.165) is 12.8 Å². The van der Waals surface area contributed by atoms with Gasteiger partial charge >= 0.3 is 0 Å². The Morgan fingerprint density at radius 2 is 1.09 bits per heavy atom. The molecule has 0 aromatic heterocycles. The molecule has 0 aliphatic heterocycles. The quantitative estimate of drug-likeness (QED) is 0.346. The first-order valence-electron chi connectivity index (χ1n) is 8.61. The SMILES string of the molecule is CCCCCCCCS(=O)(=O)O.CC[N+](CC)(CC)CC.F. The average Bonchev–Trinajstić information content (AvgIpc) is 2.45. The summed E-state index contributed by atoms with van der Waals surface area (Å²) >= 11 is 0. The molecular weight excluding hydrogens is 305 g/mol. The van der Waals surface area contributed by atoms with Gasteiger partial charge in [-0.25, -0.2) is 0 Å². The van der Waals surface area contributed by atoms with Gasteiger partial charge in [0.1, 0.15) is 0 Å². The Balaban J connectivity index is -0.000000326. The van der Waals surface area contributed by atoms with E-state index in [-0.39, 0.29) is 10.5 Å². The molecule has 1 N–H and O–H groups in total. The van der Waals surface area contributed by atoms with Crippen molar-refractivity contribution in [2.45, 2.75) is 73.1 Å². The lowest BCUT2D eigenvalue weighted by Crippen LogP contribution is -2.47. The predicted molar refractivity (Wildman–Crippen MR) is 94.7 cm³/mol. The van der Waals surface area contributed by atoms with Crippen LogP contribution in [0.25, 0.3) is 0 Å². The van der Waals surface area contributed by atoms with Crippen LogP contribution >= 0.6 is 0 Å². The summed E-state index contributed by atoms with van der Waals surface area (Å²) in [5, 5.41) is 0. The van der Waals surface area contributed by atoms with Crippen LogP contribution < -0.4 is 0 Å². The monoisotopic (exact) mass is 344 g/mol. The number of unbranched alkanes of at least 4 members (excludes halogenated alkanes) is 5. The molecule has 0 saturated heterocycles. The van der Waals surface area contributed by atoms with Crippen molar-refractivity contribution < 1.29 is 22.2 Å². The molecule has 0 amide bonds. The van der Waals surface area contributed by atoms with Crippen LogP contribution in [0.5, 0.6) is 0 Å². The molecule has 0 rings (SSSR count). The van der Waals surface area contributed by atoms with Crippen molar-refractivity contribution in [3.63, 3.8) is 0 Å². The van der Waals surface area contributed by atoms with E-state index >= 15 is 0 Å². The van der Waals surface area contributed by atoms with E-state index in [2.05, 4.69) is 34.6 Å². The van der Waals surface area contributed by atoms with Crippen LogP contribution in [0.4, 0.5) is 4.70 Å². The van der Waals surface area contributed by atoms with Crippen LogP contribution in [0.15, 0.2) is 0 Å². The van der Waals surface area contributed by atoms with Gasteiger partial charge in [0, 0.05) is 0 Å². The molecule has 0 heterocycles. The normalized spacial score (nSPS) is 11.4. The zero-order valence-electron chi connectivity index (χ0n) is 15.3. The van der Waals surface area contributed by atoms with Crippen LogP contribution in [0.1, 0.15) is 73.1 Å². The third-order valence-electron chi connectivity index (χ3n) is 4.44. The van der Waals surface area contributed by atoms with Crippen LogP contribution in [-0.4, -0.2) is 49.4 Å². The second-order valence-electron chi connectivity index (χ2n) is 5.66. The molecule has 0 aliphatic rings. The summed E-state index contributed by atoms with van der Waals surface area (Å²) < 4.78 is 30.2. The van der Waals surface area contributed by atoms with Crippen molar-refractivity contribution in [3.8, 4) is 0 Å². The molecule has 0 spiro atoms. The Labute approximate surface area is 138 Å². The fraction of sp³-hybridized carbons (Fsp3) is 1.00. The Bertz CT molecular complexity index is 300. The Hall–Kier alpha value is -0.200. The standard InChI is InChI=1S/C8H20N.C8H18O3S.FH/c1-5-9(6-2,7-3)8-4;1-2-3-4-5-6-7-8-12(9,10)11;/h5-8H2,1-4H3;2-8H2,1H3,(H,9,10,11);1H/q+1;;. The van der Waals surface area contributed by atoms with Gasteiger partial charge in [0.15, 0.2) is 0 Å².